The number of likely N-dealkylation sites (tertiary alicyclic amines) is 1. The highest BCUT2D eigenvalue weighted by atomic mass is 16.5. The quantitative estimate of drug-likeness (QED) is 0.717. The Morgan fingerprint density at radius 2 is 1.42 bits per heavy atom. The Morgan fingerprint density at radius 1 is 0.833 bits per heavy atom. The molecule has 2 rings (SSSR count). The first-order valence-electron chi connectivity index (χ1n) is 10.0. The topological polar surface area (TPSA) is 19.0 Å². The van der Waals surface area contributed by atoms with Crippen LogP contribution in [0.2, 0.25) is 0 Å². The molecule has 0 spiro atoms. The van der Waals surface area contributed by atoms with Crippen molar-refractivity contribution in [1.29, 1.82) is 0 Å². The number of nitrogens with zero attached hydrogens (tertiary/aromatic N) is 3. The van der Waals surface area contributed by atoms with Gasteiger partial charge in [-0.2, -0.15) is 0 Å². The molecule has 0 N–H and O–H groups in total. The third kappa shape index (κ3) is 6.62. The molecule has 0 aromatic rings. The first-order chi connectivity index (χ1) is 11.1. The third-order valence-electron chi connectivity index (χ3n) is 5.49. The molecule has 0 bridgehead atoms. The molecule has 0 radical (unpaired) electrons. The van der Waals surface area contributed by atoms with Crippen molar-refractivity contribution in [1.82, 2.24) is 14.7 Å². The van der Waals surface area contributed by atoms with E-state index >= 15 is 0 Å². The van der Waals surface area contributed by atoms with Gasteiger partial charge < -0.3 is 9.64 Å². The van der Waals surface area contributed by atoms with E-state index in [0.717, 1.165) is 19.1 Å². The zero-order valence-electron chi connectivity index (χ0n) is 17.1. The molecule has 2 heterocycles. The predicted octanol–water partition coefficient (Wildman–Crippen LogP) is 3.07. The molecular formula is C20H41N3O. The molecule has 4 heteroatoms. The van der Waals surface area contributed by atoms with Crippen LogP contribution < -0.4 is 0 Å². The van der Waals surface area contributed by atoms with Crippen molar-refractivity contribution in [2.45, 2.75) is 78.0 Å². The number of piperidine rings is 1. The lowest BCUT2D eigenvalue weighted by atomic mass is 10.0. The van der Waals surface area contributed by atoms with Crippen molar-refractivity contribution in [3.63, 3.8) is 0 Å². The Kier molecular flexibility index (Phi) is 7.12. The Labute approximate surface area is 150 Å². The summed E-state index contributed by atoms with van der Waals surface area (Å²) in [5, 5.41) is 0. The van der Waals surface area contributed by atoms with Crippen LogP contribution in [-0.4, -0.2) is 84.3 Å². The fourth-order valence-electron chi connectivity index (χ4n) is 3.93. The lowest BCUT2D eigenvalue weighted by Crippen LogP contribution is -2.57. The Morgan fingerprint density at radius 3 is 1.92 bits per heavy atom. The van der Waals surface area contributed by atoms with Crippen LogP contribution in [0, 0.1) is 0 Å². The van der Waals surface area contributed by atoms with E-state index in [2.05, 4.69) is 56.2 Å². The van der Waals surface area contributed by atoms with Gasteiger partial charge in [0.25, 0.3) is 0 Å². The molecule has 142 valence electrons. The number of ether oxygens (including phenoxy) is 1. The Balaban J connectivity index is 1.61. The third-order valence-corrected chi connectivity index (χ3v) is 5.49. The molecule has 0 unspecified atom stereocenters. The molecule has 0 saturated carbocycles. The van der Waals surface area contributed by atoms with Crippen molar-refractivity contribution in [2.24, 2.45) is 0 Å². The molecule has 24 heavy (non-hydrogen) atoms. The molecule has 0 amide bonds. The molecule has 2 aliphatic rings. The summed E-state index contributed by atoms with van der Waals surface area (Å²) in [6.45, 7) is 23.0. The lowest BCUT2D eigenvalue weighted by Gasteiger charge is -2.46. The fourth-order valence-corrected chi connectivity index (χ4v) is 3.93. The van der Waals surface area contributed by atoms with E-state index in [-0.39, 0.29) is 5.60 Å². The van der Waals surface area contributed by atoms with E-state index in [1.165, 1.54) is 58.7 Å². The Hall–Kier alpha value is -0.160. The van der Waals surface area contributed by atoms with Gasteiger partial charge in [0, 0.05) is 50.9 Å². The first-order valence-corrected chi connectivity index (χ1v) is 10.0. The fraction of sp³-hybridized carbons (Fsp3) is 1.00. The number of hydrogen-bond donors (Lipinski definition) is 0. The van der Waals surface area contributed by atoms with Gasteiger partial charge in [-0.3, -0.25) is 9.80 Å². The summed E-state index contributed by atoms with van der Waals surface area (Å²) in [5.74, 6) is 0. The normalized spacial score (nSPS) is 23.8. The van der Waals surface area contributed by atoms with E-state index < -0.39 is 0 Å². The van der Waals surface area contributed by atoms with Crippen LogP contribution >= 0.6 is 0 Å². The zero-order chi connectivity index (χ0) is 17.8. The van der Waals surface area contributed by atoms with Gasteiger partial charge in [0.1, 0.15) is 0 Å². The van der Waals surface area contributed by atoms with Gasteiger partial charge in [-0.15, -0.1) is 0 Å². The summed E-state index contributed by atoms with van der Waals surface area (Å²) in [4.78, 5) is 8.02. The van der Waals surface area contributed by atoms with Crippen LogP contribution in [0.1, 0.15) is 60.8 Å². The van der Waals surface area contributed by atoms with E-state index in [9.17, 15) is 0 Å². The molecule has 2 aliphatic heterocycles. The summed E-state index contributed by atoms with van der Waals surface area (Å²) in [6, 6.07) is 0.814. The maximum absolute atomic E-state index is 5.83. The second-order valence-electron chi connectivity index (χ2n) is 9.58. The van der Waals surface area contributed by atoms with Crippen molar-refractivity contribution >= 4 is 0 Å². The second kappa shape index (κ2) is 8.48. The highest BCUT2D eigenvalue weighted by Crippen LogP contribution is 2.21. The molecule has 4 nitrogen and oxygen atoms in total. The van der Waals surface area contributed by atoms with E-state index in [4.69, 9.17) is 4.74 Å². The molecule has 0 atom stereocenters. The maximum Gasteiger partial charge on any atom is 0.0598 e. The molecule has 0 aliphatic carbocycles. The second-order valence-corrected chi connectivity index (χ2v) is 9.58. The van der Waals surface area contributed by atoms with Gasteiger partial charge in [-0.1, -0.05) is 0 Å². The summed E-state index contributed by atoms with van der Waals surface area (Å²) >= 11 is 0. The lowest BCUT2D eigenvalue weighted by molar-refractivity contribution is -0.00970. The van der Waals surface area contributed by atoms with Crippen molar-refractivity contribution in [3.8, 4) is 0 Å². The van der Waals surface area contributed by atoms with Gasteiger partial charge in [0.05, 0.1) is 5.60 Å². The minimum atomic E-state index is 0.00218. The molecule has 0 aromatic heterocycles. The highest BCUT2D eigenvalue weighted by Gasteiger charge is 2.30. The van der Waals surface area contributed by atoms with Crippen LogP contribution in [0.25, 0.3) is 0 Å². The number of rotatable bonds is 5. The van der Waals surface area contributed by atoms with E-state index in [1.807, 2.05) is 0 Å². The average molecular weight is 340 g/mol. The standard InChI is InChI=1S/C20H41N3O/c1-19(2,3)23-15-13-22(14-16-23)18-8-11-21(12-9-18)10-7-17-24-20(4,5)6/h18H,7-17H2,1-6H3. The predicted molar refractivity (Wildman–Crippen MR) is 103 cm³/mol. The van der Waals surface area contributed by atoms with Crippen LogP contribution in [0.15, 0.2) is 0 Å². The monoisotopic (exact) mass is 339 g/mol. The van der Waals surface area contributed by atoms with E-state index in [0.29, 0.717) is 5.54 Å². The SMILES string of the molecule is CC(C)(C)OCCCN1CCC(N2CCN(C(C)(C)C)CC2)CC1. The maximum atomic E-state index is 5.83. The summed E-state index contributed by atoms with van der Waals surface area (Å²) in [6.07, 6.45) is 3.84. The van der Waals surface area contributed by atoms with Crippen molar-refractivity contribution < 1.29 is 4.74 Å². The Bertz CT molecular complexity index is 356. The molecule has 2 fully saturated rings. The first kappa shape index (κ1) is 20.2. The van der Waals surface area contributed by atoms with Gasteiger partial charge in [0.15, 0.2) is 0 Å². The van der Waals surface area contributed by atoms with Crippen LogP contribution in [0.3, 0.4) is 0 Å². The van der Waals surface area contributed by atoms with Crippen LogP contribution in [0.5, 0.6) is 0 Å². The minimum Gasteiger partial charge on any atom is -0.376 e. The summed E-state index contributed by atoms with van der Waals surface area (Å²) in [5.41, 5.74) is 0.326. The summed E-state index contributed by atoms with van der Waals surface area (Å²) < 4.78 is 5.83. The van der Waals surface area contributed by atoms with E-state index in [1.54, 1.807) is 0 Å². The molecule has 2 saturated heterocycles. The van der Waals surface area contributed by atoms with Crippen molar-refractivity contribution in [2.75, 3.05) is 52.4 Å². The van der Waals surface area contributed by atoms with Gasteiger partial charge in [0.2, 0.25) is 0 Å². The minimum absolute atomic E-state index is 0.00218. The van der Waals surface area contributed by atoms with Gasteiger partial charge >= 0.3 is 0 Å². The van der Waals surface area contributed by atoms with Gasteiger partial charge in [-0.05, 0) is 73.9 Å². The molecular weight excluding hydrogens is 298 g/mol. The summed E-state index contributed by atoms with van der Waals surface area (Å²) in [7, 11) is 0. The molecule has 0 aromatic carbocycles. The number of hydrogen-bond acceptors (Lipinski definition) is 4. The highest BCUT2D eigenvalue weighted by molar-refractivity contribution is 4.87. The number of piperazine rings is 1. The zero-order valence-corrected chi connectivity index (χ0v) is 17.1. The smallest absolute Gasteiger partial charge is 0.0598 e. The van der Waals surface area contributed by atoms with Crippen LogP contribution in [0.4, 0.5) is 0 Å². The van der Waals surface area contributed by atoms with Gasteiger partial charge in [-0.25, -0.2) is 0 Å². The average Bonchev–Trinajstić information content (AvgIpc) is 2.51. The largest absolute Gasteiger partial charge is 0.376 e. The van der Waals surface area contributed by atoms with Crippen LogP contribution in [-0.2, 0) is 4.74 Å². The van der Waals surface area contributed by atoms with Crippen molar-refractivity contribution in [3.05, 3.63) is 0 Å².